The number of aryl methyl sites for hydroxylation is 3. The van der Waals surface area contributed by atoms with E-state index in [1.165, 1.54) is 4.68 Å². The molecule has 25 heavy (non-hydrogen) atoms. The molecule has 1 aromatic carbocycles. The summed E-state index contributed by atoms with van der Waals surface area (Å²) in [5.41, 5.74) is 3.25. The van der Waals surface area contributed by atoms with Crippen molar-refractivity contribution in [1.29, 1.82) is 0 Å². The van der Waals surface area contributed by atoms with E-state index in [2.05, 4.69) is 10.1 Å². The highest BCUT2D eigenvalue weighted by atomic mass is 16.4. The molecule has 6 nitrogen and oxygen atoms in total. The lowest BCUT2D eigenvalue weighted by atomic mass is 10.1. The van der Waals surface area contributed by atoms with E-state index in [0.717, 1.165) is 16.7 Å². The minimum atomic E-state index is -0.966. The molecule has 3 rings (SSSR count). The number of carboxylic acids is 1. The summed E-state index contributed by atoms with van der Waals surface area (Å²) in [6.07, 6.45) is 3.91. The van der Waals surface area contributed by atoms with E-state index < -0.39 is 5.97 Å². The number of rotatable bonds is 5. The van der Waals surface area contributed by atoms with Gasteiger partial charge in [0.1, 0.15) is 0 Å². The average Bonchev–Trinajstić information content (AvgIpc) is 2.62. The normalized spacial score (nSPS) is 10.6. The number of nitrogens with zero attached hydrogens (tertiary/aromatic N) is 3. The summed E-state index contributed by atoms with van der Waals surface area (Å²) in [5, 5.41) is 13.5. The quantitative estimate of drug-likeness (QED) is 0.774. The van der Waals surface area contributed by atoms with Gasteiger partial charge in [0, 0.05) is 30.6 Å². The standard InChI is InChI=1S/C19H17N3O3/c1-13-10-17(23)22(21-18(13)16-6-3-8-20-12-16)9-7-14-4-2-5-15(11-14)19(24)25/h2-6,8,10-12H,7,9H2,1H3,(H,24,25). The van der Waals surface area contributed by atoms with Crippen molar-refractivity contribution >= 4 is 5.97 Å². The Morgan fingerprint density at radius 3 is 2.76 bits per heavy atom. The van der Waals surface area contributed by atoms with Crippen LogP contribution in [0.1, 0.15) is 21.5 Å². The van der Waals surface area contributed by atoms with E-state index in [-0.39, 0.29) is 11.1 Å². The Morgan fingerprint density at radius 2 is 2.04 bits per heavy atom. The first-order valence-corrected chi connectivity index (χ1v) is 7.86. The summed E-state index contributed by atoms with van der Waals surface area (Å²) >= 11 is 0. The molecule has 0 amide bonds. The molecular weight excluding hydrogens is 318 g/mol. The van der Waals surface area contributed by atoms with Gasteiger partial charge in [0.2, 0.25) is 0 Å². The van der Waals surface area contributed by atoms with Gasteiger partial charge in [-0.15, -0.1) is 0 Å². The van der Waals surface area contributed by atoms with Crippen LogP contribution in [0.2, 0.25) is 0 Å². The molecule has 0 aliphatic rings. The molecule has 2 aromatic heterocycles. The van der Waals surface area contributed by atoms with Gasteiger partial charge in [-0.25, -0.2) is 9.48 Å². The van der Waals surface area contributed by atoms with Gasteiger partial charge >= 0.3 is 5.97 Å². The van der Waals surface area contributed by atoms with Gasteiger partial charge < -0.3 is 5.11 Å². The number of carbonyl (C=O) groups is 1. The van der Waals surface area contributed by atoms with Gasteiger partial charge in [0.25, 0.3) is 5.56 Å². The van der Waals surface area contributed by atoms with Crippen LogP contribution >= 0.6 is 0 Å². The minimum Gasteiger partial charge on any atom is -0.478 e. The van der Waals surface area contributed by atoms with Crippen molar-refractivity contribution in [2.75, 3.05) is 0 Å². The summed E-state index contributed by atoms with van der Waals surface area (Å²) in [6, 6.07) is 12.0. The number of hydrogen-bond donors (Lipinski definition) is 1. The molecule has 0 aliphatic carbocycles. The second kappa shape index (κ2) is 7.09. The number of pyridine rings is 1. The summed E-state index contributed by atoms with van der Waals surface area (Å²) < 4.78 is 1.41. The number of aromatic nitrogens is 3. The second-order valence-corrected chi connectivity index (χ2v) is 5.73. The largest absolute Gasteiger partial charge is 0.478 e. The van der Waals surface area contributed by atoms with Crippen LogP contribution in [0.5, 0.6) is 0 Å². The SMILES string of the molecule is Cc1cc(=O)n(CCc2cccc(C(=O)O)c2)nc1-c1cccnc1. The number of benzene rings is 1. The molecule has 2 heterocycles. The number of aromatic carboxylic acids is 1. The maximum absolute atomic E-state index is 12.2. The van der Waals surface area contributed by atoms with Crippen molar-refractivity contribution in [2.45, 2.75) is 19.9 Å². The lowest BCUT2D eigenvalue weighted by molar-refractivity contribution is 0.0696. The lowest BCUT2D eigenvalue weighted by Gasteiger charge is -2.10. The van der Waals surface area contributed by atoms with Gasteiger partial charge in [-0.3, -0.25) is 9.78 Å². The van der Waals surface area contributed by atoms with Crippen LogP contribution in [0, 0.1) is 6.92 Å². The van der Waals surface area contributed by atoms with Gasteiger partial charge in [-0.05, 0) is 48.7 Å². The Hall–Kier alpha value is -3.28. The molecule has 0 spiro atoms. The van der Waals surface area contributed by atoms with Gasteiger partial charge in [0.05, 0.1) is 11.3 Å². The zero-order valence-corrected chi connectivity index (χ0v) is 13.7. The van der Waals surface area contributed by atoms with Gasteiger partial charge in [-0.1, -0.05) is 12.1 Å². The molecule has 0 unspecified atom stereocenters. The third-order valence-electron chi connectivity index (χ3n) is 3.91. The van der Waals surface area contributed by atoms with E-state index in [1.807, 2.05) is 25.1 Å². The fourth-order valence-electron chi connectivity index (χ4n) is 2.62. The summed E-state index contributed by atoms with van der Waals surface area (Å²) in [5.74, 6) is -0.966. The topological polar surface area (TPSA) is 85.1 Å². The van der Waals surface area contributed by atoms with Crippen LogP contribution in [-0.2, 0) is 13.0 Å². The Balaban J connectivity index is 1.87. The van der Waals surface area contributed by atoms with E-state index in [1.54, 1.807) is 36.7 Å². The molecule has 0 radical (unpaired) electrons. The van der Waals surface area contributed by atoms with Crippen molar-refractivity contribution in [3.8, 4) is 11.3 Å². The first-order valence-electron chi connectivity index (χ1n) is 7.86. The third-order valence-corrected chi connectivity index (χ3v) is 3.91. The molecule has 0 bridgehead atoms. The summed E-state index contributed by atoms with van der Waals surface area (Å²) in [7, 11) is 0. The van der Waals surface area contributed by atoms with Crippen molar-refractivity contribution in [3.63, 3.8) is 0 Å². The van der Waals surface area contributed by atoms with Crippen LogP contribution < -0.4 is 5.56 Å². The predicted molar refractivity (Wildman–Crippen MR) is 93.6 cm³/mol. The fraction of sp³-hybridized carbons (Fsp3) is 0.158. The maximum atomic E-state index is 12.2. The molecule has 0 aliphatic heterocycles. The Morgan fingerprint density at radius 1 is 1.20 bits per heavy atom. The molecule has 0 atom stereocenters. The van der Waals surface area contributed by atoms with Gasteiger partial charge in [0.15, 0.2) is 0 Å². The third kappa shape index (κ3) is 3.80. The second-order valence-electron chi connectivity index (χ2n) is 5.73. The molecule has 3 aromatic rings. The minimum absolute atomic E-state index is 0.181. The van der Waals surface area contributed by atoms with Gasteiger partial charge in [-0.2, -0.15) is 5.10 Å². The van der Waals surface area contributed by atoms with Crippen LogP contribution in [0.4, 0.5) is 0 Å². The summed E-state index contributed by atoms with van der Waals surface area (Å²) in [6.45, 7) is 2.22. The zero-order chi connectivity index (χ0) is 17.8. The van der Waals surface area contributed by atoms with Crippen LogP contribution in [0.3, 0.4) is 0 Å². The molecule has 0 saturated carbocycles. The lowest BCUT2D eigenvalue weighted by Crippen LogP contribution is -2.24. The van der Waals surface area contributed by atoms with E-state index in [4.69, 9.17) is 5.11 Å². The molecular formula is C19H17N3O3. The van der Waals surface area contributed by atoms with Crippen molar-refractivity contribution in [2.24, 2.45) is 0 Å². The zero-order valence-electron chi connectivity index (χ0n) is 13.7. The smallest absolute Gasteiger partial charge is 0.335 e. The van der Waals surface area contributed by atoms with Crippen molar-refractivity contribution in [1.82, 2.24) is 14.8 Å². The Kier molecular flexibility index (Phi) is 4.70. The Bertz CT molecular complexity index is 965. The molecule has 126 valence electrons. The molecule has 0 fully saturated rings. The molecule has 6 heteroatoms. The molecule has 1 N–H and O–H groups in total. The average molecular weight is 335 g/mol. The number of hydrogen-bond acceptors (Lipinski definition) is 4. The van der Waals surface area contributed by atoms with E-state index in [9.17, 15) is 9.59 Å². The van der Waals surface area contributed by atoms with E-state index >= 15 is 0 Å². The van der Waals surface area contributed by atoms with Crippen LogP contribution in [0.15, 0.2) is 59.7 Å². The Labute approximate surface area is 144 Å². The van der Waals surface area contributed by atoms with Crippen molar-refractivity contribution < 1.29 is 9.90 Å². The van der Waals surface area contributed by atoms with E-state index in [0.29, 0.717) is 18.7 Å². The fourth-order valence-corrected chi connectivity index (χ4v) is 2.62. The van der Waals surface area contributed by atoms with Crippen molar-refractivity contribution in [3.05, 3.63) is 81.9 Å². The number of carboxylic acid groups (broad SMARTS) is 1. The highest BCUT2D eigenvalue weighted by Crippen LogP contribution is 2.17. The van der Waals surface area contributed by atoms with Crippen LogP contribution in [0.25, 0.3) is 11.3 Å². The summed E-state index contributed by atoms with van der Waals surface area (Å²) in [4.78, 5) is 27.3. The first-order chi connectivity index (χ1) is 12.0. The van der Waals surface area contributed by atoms with Crippen LogP contribution in [-0.4, -0.2) is 25.8 Å². The molecule has 0 saturated heterocycles. The highest BCUT2D eigenvalue weighted by Gasteiger charge is 2.09. The maximum Gasteiger partial charge on any atom is 0.335 e. The highest BCUT2D eigenvalue weighted by molar-refractivity contribution is 5.87. The first kappa shape index (κ1) is 16.6. The monoisotopic (exact) mass is 335 g/mol. The predicted octanol–water partition coefficient (Wildman–Crippen LogP) is 2.55.